The Morgan fingerprint density at radius 1 is 1.56 bits per heavy atom. The maximum atomic E-state index is 11.5. The molecular weight excluding hydrogens is 228 g/mol. The van der Waals surface area contributed by atoms with E-state index in [0.29, 0.717) is 0 Å². The van der Waals surface area contributed by atoms with E-state index in [4.69, 9.17) is 10.00 Å². The van der Waals surface area contributed by atoms with Gasteiger partial charge < -0.3 is 10.1 Å². The monoisotopic (exact) mass is 244 g/mol. The molecule has 1 aliphatic heterocycles. The van der Waals surface area contributed by atoms with Crippen LogP contribution in [0.15, 0.2) is 18.2 Å². The van der Waals surface area contributed by atoms with Gasteiger partial charge in [-0.3, -0.25) is 4.79 Å². The number of hydrogen-bond acceptors (Lipinski definition) is 3. The van der Waals surface area contributed by atoms with Crippen LogP contribution in [0.2, 0.25) is 0 Å². The molecule has 0 unspecified atom stereocenters. The molecule has 0 aliphatic carbocycles. The number of fused-ring (bicyclic) bond motifs is 1. The summed E-state index contributed by atoms with van der Waals surface area (Å²) in [6.07, 6.45) is 0.795. The van der Waals surface area contributed by atoms with Gasteiger partial charge in [0.25, 0.3) is 0 Å². The smallest absolute Gasteiger partial charge is 0.234 e. The molecule has 1 aliphatic rings. The first kappa shape index (κ1) is 12.4. The van der Waals surface area contributed by atoms with Crippen molar-refractivity contribution in [2.45, 2.75) is 32.2 Å². The average Bonchev–Trinajstić information content (AvgIpc) is 2.75. The molecule has 0 radical (unpaired) electrons. The maximum absolute atomic E-state index is 11.5. The van der Waals surface area contributed by atoms with Crippen LogP contribution in [0.5, 0.6) is 5.75 Å². The Hall–Kier alpha value is -2.02. The molecule has 1 aromatic carbocycles. The Labute approximate surface area is 107 Å². The molecule has 0 aromatic heterocycles. The van der Waals surface area contributed by atoms with Crippen LogP contribution < -0.4 is 10.1 Å². The number of rotatable bonds is 3. The van der Waals surface area contributed by atoms with Crippen LogP contribution in [0, 0.1) is 11.3 Å². The van der Waals surface area contributed by atoms with Gasteiger partial charge in [0.15, 0.2) is 0 Å². The summed E-state index contributed by atoms with van der Waals surface area (Å²) >= 11 is 0. The Bertz CT molecular complexity index is 515. The highest BCUT2D eigenvalue weighted by Crippen LogP contribution is 2.30. The van der Waals surface area contributed by atoms with E-state index in [-0.39, 0.29) is 12.3 Å². The quantitative estimate of drug-likeness (QED) is 0.883. The first-order chi connectivity index (χ1) is 8.53. The van der Waals surface area contributed by atoms with Crippen LogP contribution in [0.25, 0.3) is 0 Å². The van der Waals surface area contributed by atoms with Gasteiger partial charge in [-0.15, -0.1) is 0 Å². The van der Waals surface area contributed by atoms with Crippen molar-refractivity contribution in [3.05, 3.63) is 29.3 Å². The van der Waals surface area contributed by atoms with Crippen LogP contribution in [-0.4, -0.2) is 12.5 Å². The summed E-state index contributed by atoms with van der Waals surface area (Å²) < 4.78 is 5.46. The molecule has 0 bridgehead atoms. The average molecular weight is 244 g/mol. The summed E-state index contributed by atoms with van der Waals surface area (Å²) in [5.74, 6) is 0.678. The summed E-state index contributed by atoms with van der Waals surface area (Å²) in [5, 5.41) is 11.4. The molecule has 1 N–H and O–H groups in total. The van der Waals surface area contributed by atoms with Crippen LogP contribution in [0.3, 0.4) is 0 Å². The number of nitriles is 1. The van der Waals surface area contributed by atoms with Crippen molar-refractivity contribution in [1.29, 1.82) is 5.26 Å². The number of nitrogens with one attached hydrogen (secondary N) is 1. The van der Waals surface area contributed by atoms with Crippen LogP contribution in [0.1, 0.15) is 31.4 Å². The highest BCUT2D eigenvalue weighted by molar-refractivity contribution is 5.79. The SMILES string of the molecule is CC(C)(NC(=O)CC#N)c1ccc2c(c1)CCO2. The second-order valence-corrected chi connectivity index (χ2v) is 4.93. The molecule has 0 spiro atoms. The van der Waals surface area contributed by atoms with E-state index in [1.54, 1.807) is 0 Å². The first-order valence-electron chi connectivity index (χ1n) is 5.97. The van der Waals surface area contributed by atoms with Gasteiger partial charge in [-0.25, -0.2) is 0 Å². The minimum atomic E-state index is -0.481. The van der Waals surface area contributed by atoms with Crippen molar-refractivity contribution >= 4 is 5.91 Å². The van der Waals surface area contributed by atoms with Crippen LogP contribution >= 0.6 is 0 Å². The highest BCUT2D eigenvalue weighted by atomic mass is 16.5. The minimum Gasteiger partial charge on any atom is -0.493 e. The predicted octanol–water partition coefficient (Wildman–Crippen LogP) is 1.89. The molecule has 0 saturated carbocycles. The predicted molar refractivity (Wildman–Crippen MR) is 67.0 cm³/mol. The summed E-state index contributed by atoms with van der Waals surface area (Å²) in [4.78, 5) is 11.5. The van der Waals surface area contributed by atoms with Gasteiger partial charge in [0.2, 0.25) is 5.91 Å². The summed E-state index contributed by atoms with van der Waals surface area (Å²) in [6, 6.07) is 7.81. The largest absolute Gasteiger partial charge is 0.493 e. The lowest BCUT2D eigenvalue weighted by molar-refractivity contribution is -0.121. The van der Waals surface area contributed by atoms with Gasteiger partial charge in [0, 0.05) is 6.42 Å². The lowest BCUT2D eigenvalue weighted by Gasteiger charge is -2.27. The molecule has 4 heteroatoms. The van der Waals surface area contributed by atoms with E-state index in [0.717, 1.165) is 24.3 Å². The zero-order valence-electron chi connectivity index (χ0n) is 10.6. The van der Waals surface area contributed by atoms with Crippen LogP contribution in [-0.2, 0) is 16.8 Å². The van der Waals surface area contributed by atoms with E-state index in [1.807, 2.05) is 32.0 Å². The number of benzene rings is 1. The standard InChI is InChI=1S/C14H16N2O2/c1-14(2,16-13(17)5-7-15)11-3-4-12-10(9-11)6-8-18-12/h3-4,9H,5-6,8H2,1-2H3,(H,16,17). The van der Waals surface area contributed by atoms with Gasteiger partial charge in [0.05, 0.1) is 18.2 Å². The molecule has 2 rings (SSSR count). The fraction of sp³-hybridized carbons (Fsp3) is 0.429. The van der Waals surface area contributed by atoms with E-state index in [1.165, 1.54) is 5.56 Å². The highest BCUT2D eigenvalue weighted by Gasteiger charge is 2.24. The minimum absolute atomic E-state index is 0.114. The molecule has 94 valence electrons. The number of carbonyl (C=O) groups is 1. The molecule has 1 aromatic rings. The van der Waals surface area contributed by atoms with Crippen molar-refractivity contribution in [1.82, 2.24) is 5.32 Å². The van der Waals surface area contributed by atoms with Crippen molar-refractivity contribution < 1.29 is 9.53 Å². The molecule has 0 atom stereocenters. The third kappa shape index (κ3) is 2.45. The lowest BCUT2D eigenvalue weighted by atomic mass is 9.92. The normalized spacial score (nSPS) is 13.4. The lowest BCUT2D eigenvalue weighted by Crippen LogP contribution is -2.40. The first-order valence-corrected chi connectivity index (χ1v) is 5.97. The van der Waals surface area contributed by atoms with Gasteiger partial charge in [-0.1, -0.05) is 6.07 Å². The van der Waals surface area contributed by atoms with Crippen molar-refractivity contribution in [2.75, 3.05) is 6.61 Å². The van der Waals surface area contributed by atoms with Gasteiger partial charge in [0.1, 0.15) is 12.2 Å². The number of carbonyl (C=O) groups excluding carboxylic acids is 1. The molecule has 1 amide bonds. The topological polar surface area (TPSA) is 62.1 Å². The summed E-state index contributed by atoms with van der Waals surface area (Å²) in [6.45, 7) is 4.58. The second kappa shape index (κ2) is 4.69. The van der Waals surface area contributed by atoms with Crippen LogP contribution in [0.4, 0.5) is 0 Å². The number of hydrogen-bond donors (Lipinski definition) is 1. The molecule has 1 heterocycles. The summed E-state index contributed by atoms with van der Waals surface area (Å²) in [5.41, 5.74) is 1.72. The fourth-order valence-corrected chi connectivity index (χ4v) is 2.11. The van der Waals surface area contributed by atoms with E-state index in [2.05, 4.69) is 11.4 Å². The van der Waals surface area contributed by atoms with Gasteiger partial charge in [-0.05, 0) is 37.1 Å². The van der Waals surface area contributed by atoms with Crippen molar-refractivity contribution in [3.63, 3.8) is 0 Å². The molecule has 0 fully saturated rings. The Balaban J connectivity index is 2.19. The zero-order valence-corrected chi connectivity index (χ0v) is 10.6. The van der Waals surface area contributed by atoms with E-state index < -0.39 is 5.54 Å². The maximum Gasteiger partial charge on any atom is 0.234 e. The fourth-order valence-electron chi connectivity index (χ4n) is 2.11. The number of nitrogens with zero attached hydrogens (tertiary/aromatic N) is 1. The molecule has 0 saturated heterocycles. The van der Waals surface area contributed by atoms with Crippen molar-refractivity contribution in [2.24, 2.45) is 0 Å². The third-order valence-electron chi connectivity index (χ3n) is 3.10. The van der Waals surface area contributed by atoms with Gasteiger partial charge in [-0.2, -0.15) is 5.26 Å². The Kier molecular flexibility index (Phi) is 3.24. The van der Waals surface area contributed by atoms with E-state index >= 15 is 0 Å². The Morgan fingerprint density at radius 3 is 3.06 bits per heavy atom. The molecular formula is C14H16N2O2. The number of amides is 1. The van der Waals surface area contributed by atoms with Crippen molar-refractivity contribution in [3.8, 4) is 11.8 Å². The molecule has 18 heavy (non-hydrogen) atoms. The van der Waals surface area contributed by atoms with Gasteiger partial charge >= 0.3 is 0 Å². The number of ether oxygens (including phenoxy) is 1. The molecule has 4 nitrogen and oxygen atoms in total. The third-order valence-corrected chi connectivity index (χ3v) is 3.10. The summed E-state index contributed by atoms with van der Waals surface area (Å²) in [7, 11) is 0. The Morgan fingerprint density at radius 2 is 2.33 bits per heavy atom. The zero-order chi connectivity index (χ0) is 13.2. The second-order valence-electron chi connectivity index (χ2n) is 4.93. The van der Waals surface area contributed by atoms with E-state index in [9.17, 15) is 4.79 Å².